The highest BCUT2D eigenvalue weighted by molar-refractivity contribution is 8.18. The van der Waals surface area contributed by atoms with Crippen LogP contribution in [0.3, 0.4) is 0 Å². The highest BCUT2D eigenvalue weighted by Crippen LogP contribution is 2.39. The Morgan fingerprint density at radius 3 is 2.58 bits per heavy atom. The van der Waals surface area contributed by atoms with Gasteiger partial charge in [-0.05, 0) is 60.2 Å². The highest BCUT2D eigenvalue weighted by Gasteiger charge is 2.34. The molecule has 164 valence electrons. The van der Waals surface area contributed by atoms with Gasteiger partial charge < -0.3 is 14.2 Å². The van der Waals surface area contributed by atoms with Crippen molar-refractivity contribution in [1.29, 1.82) is 0 Å². The van der Waals surface area contributed by atoms with E-state index in [4.69, 9.17) is 25.8 Å². The fraction of sp³-hybridized carbons (Fsp3) is 0.273. The van der Waals surface area contributed by atoms with Crippen LogP contribution in [0.5, 0.6) is 11.5 Å². The van der Waals surface area contributed by atoms with Gasteiger partial charge in [0.2, 0.25) is 0 Å². The van der Waals surface area contributed by atoms with E-state index < -0.39 is 0 Å². The second kappa shape index (κ2) is 10.7. The van der Waals surface area contributed by atoms with Crippen LogP contribution in [-0.4, -0.2) is 42.9 Å². The third-order valence-electron chi connectivity index (χ3n) is 4.32. The van der Waals surface area contributed by atoms with Crippen molar-refractivity contribution in [3.8, 4) is 11.5 Å². The van der Waals surface area contributed by atoms with Gasteiger partial charge >= 0.3 is 0 Å². The van der Waals surface area contributed by atoms with Crippen LogP contribution < -0.4 is 9.47 Å². The van der Waals surface area contributed by atoms with E-state index in [1.807, 2.05) is 6.92 Å². The van der Waals surface area contributed by atoms with Gasteiger partial charge in [0.25, 0.3) is 11.1 Å². The zero-order valence-electron chi connectivity index (χ0n) is 17.0. The zero-order chi connectivity index (χ0) is 22.4. The van der Waals surface area contributed by atoms with Crippen LogP contribution in [0, 0.1) is 5.82 Å². The van der Waals surface area contributed by atoms with Crippen LogP contribution in [0.15, 0.2) is 41.3 Å². The van der Waals surface area contributed by atoms with Gasteiger partial charge in [-0.15, -0.1) is 0 Å². The Hall–Kier alpha value is -2.55. The van der Waals surface area contributed by atoms with Crippen LogP contribution in [0.1, 0.15) is 18.1 Å². The number of nitrogens with zero attached hydrogens (tertiary/aromatic N) is 1. The van der Waals surface area contributed by atoms with E-state index in [9.17, 15) is 14.0 Å². The van der Waals surface area contributed by atoms with Crippen molar-refractivity contribution in [3.63, 3.8) is 0 Å². The third-order valence-corrected chi connectivity index (χ3v) is 5.51. The van der Waals surface area contributed by atoms with Gasteiger partial charge in [-0.1, -0.05) is 23.7 Å². The molecule has 2 aromatic rings. The topological polar surface area (TPSA) is 65.1 Å². The van der Waals surface area contributed by atoms with E-state index in [2.05, 4.69) is 0 Å². The van der Waals surface area contributed by atoms with Gasteiger partial charge in [0.05, 0.1) is 29.7 Å². The number of benzene rings is 2. The molecule has 1 saturated heterocycles. The van der Waals surface area contributed by atoms with Gasteiger partial charge in [0.1, 0.15) is 12.4 Å². The Kier molecular flexibility index (Phi) is 7.95. The van der Waals surface area contributed by atoms with Crippen LogP contribution >= 0.6 is 23.4 Å². The summed E-state index contributed by atoms with van der Waals surface area (Å²) in [7, 11) is 1.51. The first kappa shape index (κ1) is 23.1. The van der Waals surface area contributed by atoms with Gasteiger partial charge in [-0.2, -0.15) is 0 Å². The maximum absolute atomic E-state index is 13.1. The largest absolute Gasteiger partial charge is 0.490 e. The Bertz CT molecular complexity index is 996. The van der Waals surface area contributed by atoms with E-state index in [1.54, 1.807) is 30.3 Å². The molecule has 31 heavy (non-hydrogen) atoms. The lowest BCUT2D eigenvalue weighted by Gasteiger charge is -2.15. The summed E-state index contributed by atoms with van der Waals surface area (Å²) >= 11 is 7.29. The molecule has 9 heteroatoms. The lowest BCUT2D eigenvalue weighted by molar-refractivity contribution is -0.123. The number of methoxy groups -OCH3 is 1. The monoisotopic (exact) mass is 465 g/mol. The van der Waals surface area contributed by atoms with Gasteiger partial charge in [0.15, 0.2) is 11.5 Å². The molecule has 2 amide bonds. The SMILES string of the molecule is CCOc1cc(/C=C2/SC(=O)N(CCOC)C2=O)cc(Cl)c1OCc1ccc(F)cc1. The molecule has 0 saturated carbocycles. The number of thioether (sulfide) groups is 1. The highest BCUT2D eigenvalue weighted by atomic mass is 35.5. The zero-order valence-corrected chi connectivity index (χ0v) is 18.6. The number of amides is 2. The fourth-order valence-electron chi connectivity index (χ4n) is 2.84. The summed E-state index contributed by atoms with van der Waals surface area (Å²) in [6.45, 7) is 2.84. The molecule has 1 heterocycles. The molecule has 0 bridgehead atoms. The summed E-state index contributed by atoms with van der Waals surface area (Å²) in [5.41, 5.74) is 1.37. The average Bonchev–Trinajstić information content (AvgIpc) is 3.00. The number of hydrogen-bond acceptors (Lipinski definition) is 6. The minimum absolute atomic E-state index is 0.178. The maximum Gasteiger partial charge on any atom is 0.293 e. The maximum atomic E-state index is 13.1. The standard InChI is InChI=1S/C22H21ClFNO5S/c1-3-29-18-11-15(12-19-21(26)25(8-9-28-2)22(27)31-19)10-17(23)20(18)30-13-14-4-6-16(24)7-5-14/h4-7,10-12H,3,8-9,13H2,1-2H3/b19-12+. The van der Waals surface area contributed by atoms with E-state index in [1.165, 1.54) is 19.2 Å². The fourth-order valence-corrected chi connectivity index (χ4v) is 3.98. The summed E-state index contributed by atoms with van der Waals surface area (Å²) in [5, 5.41) is -0.0541. The molecule has 0 unspecified atom stereocenters. The summed E-state index contributed by atoms with van der Waals surface area (Å²) in [5.74, 6) is 0.0470. The average molecular weight is 466 g/mol. The number of imide groups is 1. The van der Waals surface area contributed by atoms with E-state index in [0.29, 0.717) is 28.6 Å². The van der Waals surface area contributed by atoms with E-state index in [0.717, 1.165) is 22.2 Å². The second-order valence-electron chi connectivity index (χ2n) is 6.50. The van der Waals surface area contributed by atoms with E-state index in [-0.39, 0.29) is 41.7 Å². The van der Waals surface area contributed by atoms with Crippen molar-refractivity contribution in [2.75, 3.05) is 26.9 Å². The lowest BCUT2D eigenvalue weighted by Crippen LogP contribution is -2.31. The second-order valence-corrected chi connectivity index (χ2v) is 7.90. The van der Waals surface area contributed by atoms with Crippen LogP contribution in [0.25, 0.3) is 6.08 Å². The normalized spacial score (nSPS) is 15.1. The van der Waals surface area contributed by atoms with Gasteiger partial charge in [-0.3, -0.25) is 14.5 Å². The lowest BCUT2D eigenvalue weighted by atomic mass is 10.1. The van der Waals surface area contributed by atoms with Crippen LogP contribution in [0.4, 0.5) is 9.18 Å². The molecule has 2 aromatic carbocycles. The molecule has 0 spiro atoms. The van der Waals surface area contributed by atoms with Crippen molar-refractivity contribution >= 4 is 40.6 Å². The predicted octanol–water partition coefficient (Wildman–Crippen LogP) is 5.14. The quantitative estimate of drug-likeness (QED) is 0.478. The number of carbonyl (C=O) groups excluding carboxylic acids is 2. The van der Waals surface area contributed by atoms with Crippen molar-refractivity contribution in [2.45, 2.75) is 13.5 Å². The smallest absolute Gasteiger partial charge is 0.293 e. The van der Waals surface area contributed by atoms with Crippen molar-refractivity contribution in [3.05, 3.63) is 63.3 Å². The Morgan fingerprint density at radius 2 is 1.90 bits per heavy atom. The first-order valence-corrected chi connectivity index (χ1v) is 10.7. The molecule has 1 aliphatic heterocycles. The number of carbonyl (C=O) groups is 2. The van der Waals surface area contributed by atoms with Crippen molar-refractivity contribution < 1.29 is 28.2 Å². The molecule has 0 N–H and O–H groups in total. The number of hydrogen-bond donors (Lipinski definition) is 0. The van der Waals surface area contributed by atoms with Gasteiger partial charge in [0, 0.05) is 7.11 Å². The summed E-state index contributed by atoms with van der Waals surface area (Å²) in [6, 6.07) is 9.28. The van der Waals surface area contributed by atoms with Crippen LogP contribution in [0.2, 0.25) is 5.02 Å². The minimum atomic E-state index is -0.377. The van der Waals surface area contributed by atoms with Gasteiger partial charge in [-0.25, -0.2) is 4.39 Å². The summed E-state index contributed by atoms with van der Waals surface area (Å²) in [6.07, 6.45) is 1.59. The third kappa shape index (κ3) is 5.78. The minimum Gasteiger partial charge on any atom is -0.490 e. The molecule has 1 aliphatic rings. The molecule has 0 aliphatic carbocycles. The Labute approximate surface area is 188 Å². The number of ether oxygens (including phenoxy) is 3. The Balaban J connectivity index is 1.82. The van der Waals surface area contributed by atoms with Crippen molar-refractivity contribution in [1.82, 2.24) is 4.90 Å². The number of rotatable bonds is 9. The molecule has 3 rings (SSSR count). The Morgan fingerprint density at radius 1 is 1.16 bits per heavy atom. The van der Waals surface area contributed by atoms with Crippen LogP contribution in [-0.2, 0) is 16.1 Å². The number of halogens is 2. The molecule has 0 aromatic heterocycles. The van der Waals surface area contributed by atoms with Crippen molar-refractivity contribution in [2.24, 2.45) is 0 Å². The molecule has 6 nitrogen and oxygen atoms in total. The molecular formula is C22H21ClFNO5S. The summed E-state index contributed by atoms with van der Waals surface area (Å²) < 4.78 is 29.5. The molecular weight excluding hydrogens is 445 g/mol. The molecule has 0 radical (unpaired) electrons. The first-order chi connectivity index (χ1) is 14.9. The molecule has 1 fully saturated rings. The first-order valence-electron chi connectivity index (χ1n) is 9.50. The summed E-state index contributed by atoms with van der Waals surface area (Å²) in [4.78, 5) is 26.1. The van der Waals surface area contributed by atoms with E-state index >= 15 is 0 Å². The predicted molar refractivity (Wildman–Crippen MR) is 118 cm³/mol. The molecule has 0 atom stereocenters.